The van der Waals surface area contributed by atoms with Crippen molar-refractivity contribution in [1.29, 1.82) is 0 Å². The second kappa shape index (κ2) is 5.89. The maximum Gasteiger partial charge on any atom is 0.122 e. The third-order valence-electron chi connectivity index (χ3n) is 3.17. The third-order valence-corrected chi connectivity index (χ3v) is 3.17. The number of nitrogens with two attached hydrogens (primary N) is 1. The van der Waals surface area contributed by atoms with Gasteiger partial charge in [0, 0.05) is 12.0 Å². The van der Waals surface area contributed by atoms with Crippen LogP contribution in [-0.4, -0.2) is 23.6 Å². The average Bonchev–Trinajstić information content (AvgIpc) is 2.87. The zero-order valence-electron chi connectivity index (χ0n) is 11.7. The number of aromatic amines is 1. The molecule has 0 bridgehead atoms. The van der Waals surface area contributed by atoms with Gasteiger partial charge in [-0.1, -0.05) is 13.8 Å². The molecule has 1 aromatic carbocycles. The van der Waals surface area contributed by atoms with E-state index < -0.39 is 0 Å². The molecule has 102 valence electrons. The van der Waals surface area contributed by atoms with Crippen molar-refractivity contribution in [2.24, 2.45) is 5.73 Å². The minimum Gasteiger partial charge on any atom is -0.496 e. The van der Waals surface area contributed by atoms with Crippen molar-refractivity contribution in [2.45, 2.75) is 26.2 Å². The lowest BCUT2D eigenvalue weighted by atomic mass is 9.98. The van der Waals surface area contributed by atoms with Gasteiger partial charge >= 0.3 is 0 Å². The molecule has 0 saturated heterocycles. The van der Waals surface area contributed by atoms with Gasteiger partial charge < -0.3 is 15.5 Å². The zero-order valence-corrected chi connectivity index (χ0v) is 11.7. The predicted octanol–water partition coefficient (Wildman–Crippen LogP) is 2.71. The molecule has 4 heteroatoms. The van der Waals surface area contributed by atoms with E-state index in [-0.39, 0.29) is 0 Å². The monoisotopic (exact) mass is 259 g/mol. The number of rotatable bonds is 5. The van der Waals surface area contributed by atoms with Gasteiger partial charge in [0.2, 0.25) is 0 Å². The van der Waals surface area contributed by atoms with E-state index in [4.69, 9.17) is 10.5 Å². The van der Waals surface area contributed by atoms with Crippen LogP contribution in [0.15, 0.2) is 24.4 Å². The van der Waals surface area contributed by atoms with Gasteiger partial charge in [0.1, 0.15) is 11.6 Å². The summed E-state index contributed by atoms with van der Waals surface area (Å²) in [5.74, 6) is 2.28. The molecule has 3 N–H and O–H groups in total. The van der Waals surface area contributed by atoms with Crippen LogP contribution in [0, 0.1) is 0 Å². The van der Waals surface area contributed by atoms with Gasteiger partial charge in [-0.3, -0.25) is 0 Å². The lowest BCUT2D eigenvalue weighted by Crippen LogP contribution is -2.03. The molecule has 0 atom stereocenters. The first-order chi connectivity index (χ1) is 9.15. The Labute approximate surface area is 114 Å². The predicted molar refractivity (Wildman–Crippen MR) is 77.4 cm³/mol. The first kappa shape index (κ1) is 13.6. The van der Waals surface area contributed by atoms with Gasteiger partial charge in [-0.15, -0.1) is 0 Å². The van der Waals surface area contributed by atoms with E-state index in [9.17, 15) is 0 Å². The van der Waals surface area contributed by atoms with Crippen LogP contribution in [0.3, 0.4) is 0 Å². The summed E-state index contributed by atoms with van der Waals surface area (Å²) in [6.07, 6.45) is 2.63. The summed E-state index contributed by atoms with van der Waals surface area (Å²) >= 11 is 0. The number of nitrogens with one attached hydrogen (secondary N) is 1. The summed E-state index contributed by atoms with van der Waals surface area (Å²) in [4.78, 5) is 7.63. The Morgan fingerprint density at radius 2 is 2.16 bits per heavy atom. The van der Waals surface area contributed by atoms with E-state index in [0.717, 1.165) is 29.3 Å². The summed E-state index contributed by atoms with van der Waals surface area (Å²) in [7, 11) is 1.70. The number of nitrogens with zero attached hydrogens (tertiary/aromatic N) is 1. The minimum absolute atomic E-state index is 0.418. The Balaban J connectivity index is 2.36. The first-order valence-corrected chi connectivity index (χ1v) is 6.58. The fourth-order valence-corrected chi connectivity index (χ4v) is 2.13. The summed E-state index contributed by atoms with van der Waals surface area (Å²) < 4.78 is 5.40. The van der Waals surface area contributed by atoms with Gasteiger partial charge in [0.15, 0.2) is 0 Å². The number of hydrogen-bond acceptors (Lipinski definition) is 3. The van der Waals surface area contributed by atoms with Crippen molar-refractivity contribution in [1.82, 2.24) is 9.97 Å². The van der Waals surface area contributed by atoms with Gasteiger partial charge in [0.05, 0.1) is 19.0 Å². The normalized spacial score (nSPS) is 11.0. The Kier molecular flexibility index (Phi) is 4.22. The third kappa shape index (κ3) is 2.96. The molecule has 0 amide bonds. The molecule has 19 heavy (non-hydrogen) atoms. The maximum absolute atomic E-state index is 5.53. The molecule has 2 rings (SSSR count). The van der Waals surface area contributed by atoms with E-state index in [0.29, 0.717) is 12.5 Å². The summed E-state index contributed by atoms with van der Waals surface area (Å²) in [6.45, 7) is 4.93. The molecular formula is C15H21N3O. The zero-order chi connectivity index (χ0) is 13.8. The van der Waals surface area contributed by atoms with Crippen molar-refractivity contribution < 1.29 is 4.74 Å². The Morgan fingerprint density at radius 3 is 2.79 bits per heavy atom. The number of imidazole rings is 1. The van der Waals surface area contributed by atoms with E-state index in [2.05, 4.69) is 29.9 Å². The van der Waals surface area contributed by atoms with Crippen molar-refractivity contribution in [3.8, 4) is 17.0 Å². The molecule has 1 heterocycles. The summed E-state index contributed by atoms with van der Waals surface area (Å²) in [6, 6.07) is 6.21. The molecule has 0 aliphatic carbocycles. The lowest BCUT2D eigenvalue weighted by molar-refractivity contribution is 0.407. The molecular weight excluding hydrogens is 238 g/mol. The maximum atomic E-state index is 5.53. The molecule has 0 saturated carbocycles. The van der Waals surface area contributed by atoms with Crippen molar-refractivity contribution in [2.75, 3.05) is 13.7 Å². The smallest absolute Gasteiger partial charge is 0.122 e. The van der Waals surface area contributed by atoms with Crippen molar-refractivity contribution >= 4 is 0 Å². The van der Waals surface area contributed by atoms with Crippen LogP contribution < -0.4 is 10.5 Å². The number of hydrogen-bond donors (Lipinski definition) is 2. The molecule has 0 fully saturated rings. The largest absolute Gasteiger partial charge is 0.496 e. The van der Waals surface area contributed by atoms with Gasteiger partial charge in [-0.05, 0) is 36.2 Å². The highest BCUT2D eigenvalue weighted by Crippen LogP contribution is 2.30. The second-order valence-corrected chi connectivity index (χ2v) is 4.89. The fraction of sp³-hybridized carbons (Fsp3) is 0.400. The minimum atomic E-state index is 0.418. The van der Waals surface area contributed by atoms with Crippen LogP contribution in [0.4, 0.5) is 0 Å². The first-order valence-electron chi connectivity index (χ1n) is 6.58. The molecule has 0 aliphatic heterocycles. The highest BCUT2D eigenvalue weighted by atomic mass is 16.5. The van der Waals surface area contributed by atoms with Crippen LogP contribution in [0.25, 0.3) is 11.3 Å². The van der Waals surface area contributed by atoms with Crippen LogP contribution >= 0.6 is 0 Å². The molecule has 4 nitrogen and oxygen atoms in total. The van der Waals surface area contributed by atoms with E-state index in [1.807, 2.05) is 18.3 Å². The van der Waals surface area contributed by atoms with Crippen LogP contribution in [0.2, 0.25) is 0 Å². The number of benzene rings is 1. The van der Waals surface area contributed by atoms with Gasteiger partial charge in [-0.2, -0.15) is 0 Å². The Hall–Kier alpha value is -1.81. The highest BCUT2D eigenvalue weighted by Gasteiger charge is 2.10. The topological polar surface area (TPSA) is 63.9 Å². The molecule has 1 aromatic heterocycles. The van der Waals surface area contributed by atoms with Crippen molar-refractivity contribution in [3.63, 3.8) is 0 Å². The lowest BCUT2D eigenvalue weighted by Gasteiger charge is -2.13. The van der Waals surface area contributed by atoms with E-state index in [1.54, 1.807) is 7.11 Å². The van der Waals surface area contributed by atoms with Crippen LogP contribution in [0.1, 0.15) is 31.2 Å². The fourth-order valence-electron chi connectivity index (χ4n) is 2.13. The Bertz CT molecular complexity index is 546. The standard InChI is InChI=1S/C15H21N3O/c1-10(2)12-8-11(4-5-14(12)19-3)13-9-17-15(18-13)6-7-16/h4-5,8-10H,6-7,16H2,1-3H3,(H,17,18). The SMILES string of the molecule is COc1ccc(-c2cnc(CCN)[nH]2)cc1C(C)C. The number of ether oxygens (including phenoxy) is 1. The number of methoxy groups -OCH3 is 1. The molecule has 0 spiro atoms. The molecule has 0 radical (unpaired) electrons. The molecule has 0 aliphatic rings. The highest BCUT2D eigenvalue weighted by molar-refractivity contribution is 5.62. The number of H-pyrrole nitrogens is 1. The van der Waals surface area contributed by atoms with Crippen molar-refractivity contribution in [3.05, 3.63) is 35.8 Å². The van der Waals surface area contributed by atoms with Crippen LogP contribution in [-0.2, 0) is 6.42 Å². The number of aromatic nitrogens is 2. The molecule has 0 unspecified atom stereocenters. The van der Waals surface area contributed by atoms with Gasteiger partial charge in [0.25, 0.3) is 0 Å². The van der Waals surface area contributed by atoms with E-state index >= 15 is 0 Å². The van der Waals surface area contributed by atoms with E-state index in [1.165, 1.54) is 5.56 Å². The van der Waals surface area contributed by atoms with Crippen LogP contribution in [0.5, 0.6) is 5.75 Å². The molecule has 2 aromatic rings. The average molecular weight is 259 g/mol. The van der Waals surface area contributed by atoms with Gasteiger partial charge in [-0.25, -0.2) is 4.98 Å². The Morgan fingerprint density at radius 1 is 1.37 bits per heavy atom. The summed E-state index contributed by atoms with van der Waals surface area (Å²) in [5, 5.41) is 0. The summed E-state index contributed by atoms with van der Waals surface area (Å²) in [5.41, 5.74) is 8.88. The quantitative estimate of drug-likeness (QED) is 0.867. The second-order valence-electron chi connectivity index (χ2n) is 4.89.